The largest absolute Gasteiger partial charge is 0.454 e. The molecule has 7 atom stereocenters. The minimum atomic E-state index is -1.23. The molecule has 160 valence electrons. The lowest BCUT2D eigenvalue weighted by molar-refractivity contribution is -0.308. The van der Waals surface area contributed by atoms with Gasteiger partial charge in [0.05, 0.1) is 12.2 Å². The van der Waals surface area contributed by atoms with Crippen LogP contribution in [0.3, 0.4) is 0 Å². The van der Waals surface area contributed by atoms with Crippen molar-refractivity contribution in [2.24, 2.45) is 17.3 Å². The second kappa shape index (κ2) is 8.05. The highest BCUT2D eigenvalue weighted by Crippen LogP contribution is 2.54. The Morgan fingerprint density at radius 2 is 2.04 bits per heavy atom. The van der Waals surface area contributed by atoms with E-state index in [0.717, 1.165) is 12.8 Å². The average molecular weight is 397 g/mol. The van der Waals surface area contributed by atoms with E-state index in [1.165, 1.54) is 31.8 Å². The van der Waals surface area contributed by atoms with E-state index in [2.05, 4.69) is 19.9 Å². The van der Waals surface area contributed by atoms with Crippen molar-refractivity contribution >= 4 is 5.97 Å². The first-order chi connectivity index (χ1) is 13.0. The Morgan fingerprint density at radius 3 is 2.71 bits per heavy atom. The Hall–Kier alpha value is -0.950. The molecule has 0 bridgehead atoms. The Labute approximate surface area is 168 Å². The second-order valence-corrected chi connectivity index (χ2v) is 9.72. The molecule has 1 heterocycles. The molecule has 1 saturated heterocycles. The summed E-state index contributed by atoms with van der Waals surface area (Å²) in [5.74, 6) is 0.356. The third-order valence-electron chi connectivity index (χ3n) is 7.29. The number of fused-ring (bicyclic) bond motifs is 1. The van der Waals surface area contributed by atoms with E-state index >= 15 is 0 Å². The highest BCUT2D eigenvalue weighted by molar-refractivity contribution is 5.66. The maximum absolute atomic E-state index is 11.5. The van der Waals surface area contributed by atoms with Gasteiger partial charge in [0.25, 0.3) is 0 Å². The normalized spacial score (nSPS) is 41.8. The van der Waals surface area contributed by atoms with E-state index < -0.39 is 36.2 Å². The van der Waals surface area contributed by atoms with Gasteiger partial charge in [0.15, 0.2) is 12.4 Å². The van der Waals surface area contributed by atoms with Gasteiger partial charge in [0.1, 0.15) is 12.2 Å². The molecule has 0 aromatic heterocycles. The molecule has 1 saturated carbocycles. The van der Waals surface area contributed by atoms with Gasteiger partial charge in [-0.3, -0.25) is 4.79 Å². The van der Waals surface area contributed by atoms with Gasteiger partial charge in [0, 0.05) is 6.92 Å². The van der Waals surface area contributed by atoms with E-state index in [4.69, 9.17) is 14.2 Å². The number of ether oxygens (including phenoxy) is 3. The van der Waals surface area contributed by atoms with Crippen LogP contribution < -0.4 is 0 Å². The smallest absolute Gasteiger partial charge is 0.303 e. The van der Waals surface area contributed by atoms with Crippen molar-refractivity contribution in [2.75, 3.05) is 6.61 Å². The van der Waals surface area contributed by atoms with Crippen LogP contribution in [0.15, 0.2) is 11.6 Å². The molecule has 0 aromatic carbocycles. The molecule has 6 nitrogen and oxygen atoms in total. The molecule has 0 unspecified atom stereocenters. The number of rotatable bonds is 4. The van der Waals surface area contributed by atoms with Crippen LogP contribution >= 0.6 is 0 Å². The zero-order valence-corrected chi connectivity index (χ0v) is 17.8. The summed E-state index contributed by atoms with van der Waals surface area (Å²) in [6.45, 7) is 9.98. The number of allylic oxidation sites excluding steroid dienone is 2. The van der Waals surface area contributed by atoms with Crippen molar-refractivity contribution < 1.29 is 29.2 Å². The average Bonchev–Trinajstić information content (AvgIpc) is 2.60. The summed E-state index contributed by atoms with van der Waals surface area (Å²) in [6, 6.07) is 0. The number of carbonyl (C=O) groups excluding carboxylic acids is 1. The van der Waals surface area contributed by atoms with Gasteiger partial charge in [-0.15, -0.1) is 0 Å². The molecule has 28 heavy (non-hydrogen) atoms. The molecule has 2 fully saturated rings. The van der Waals surface area contributed by atoms with E-state index in [1.807, 2.05) is 13.8 Å². The number of hydrogen-bond acceptors (Lipinski definition) is 6. The molecule has 6 heteroatoms. The van der Waals surface area contributed by atoms with Crippen LogP contribution in [0, 0.1) is 17.3 Å². The van der Waals surface area contributed by atoms with E-state index in [0.29, 0.717) is 17.3 Å². The minimum absolute atomic E-state index is 0.0487. The first-order valence-electron chi connectivity index (χ1n) is 10.5. The molecule has 0 aromatic rings. The van der Waals surface area contributed by atoms with E-state index in [9.17, 15) is 15.0 Å². The number of carbonyl (C=O) groups is 1. The van der Waals surface area contributed by atoms with Crippen molar-refractivity contribution in [1.82, 2.24) is 0 Å². The summed E-state index contributed by atoms with van der Waals surface area (Å²) in [5, 5.41) is 20.2. The molecule has 0 spiro atoms. The predicted molar refractivity (Wildman–Crippen MR) is 104 cm³/mol. The van der Waals surface area contributed by atoms with Crippen LogP contribution in [0.2, 0.25) is 0 Å². The molecule has 2 aliphatic carbocycles. The van der Waals surface area contributed by atoms with Crippen LogP contribution in [-0.4, -0.2) is 53.0 Å². The third kappa shape index (κ3) is 4.30. The molecule has 3 aliphatic rings. The van der Waals surface area contributed by atoms with Crippen LogP contribution in [0.4, 0.5) is 0 Å². The van der Waals surface area contributed by atoms with Crippen LogP contribution in [0.25, 0.3) is 0 Å². The number of aliphatic hydroxyl groups excluding tert-OH is 2. The van der Waals surface area contributed by atoms with Crippen molar-refractivity contribution in [3.8, 4) is 0 Å². The molecule has 0 radical (unpaired) electrons. The minimum Gasteiger partial charge on any atom is -0.454 e. The summed E-state index contributed by atoms with van der Waals surface area (Å²) < 4.78 is 17.2. The zero-order chi connectivity index (χ0) is 20.7. The number of esters is 1. The van der Waals surface area contributed by atoms with Gasteiger partial charge in [0.2, 0.25) is 0 Å². The Bertz CT molecular complexity index is 614. The van der Waals surface area contributed by atoms with Crippen molar-refractivity contribution in [3.63, 3.8) is 0 Å². The lowest BCUT2D eigenvalue weighted by atomic mass is 9.56. The van der Waals surface area contributed by atoms with Crippen LogP contribution in [0.1, 0.15) is 66.7 Å². The number of aliphatic hydroxyl groups is 2. The topological polar surface area (TPSA) is 85.2 Å². The highest BCUT2D eigenvalue weighted by atomic mass is 16.7. The summed E-state index contributed by atoms with van der Waals surface area (Å²) in [7, 11) is 0. The SMILES string of the molecule is CC(=O)O[C@H]1[C@H](OC(C)(C)[C@@H]2CC[C@@]3(C)CCC=C(C)[C@@H]3C2)OC[C@@H](O)[C@@H]1O. The molecule has 1 aliphatic heterocycles. The van der Waals surface area contributed by atoms with Crippen molar-refractivity contribution in [3.05, 3.63) is 11.6 Å². The molecular weight excluding hydrogens is 360 g/mol. The van der Waals surface area contributed by atoms with Gasteiger partial charge in [-0.25, -0.2) is 0 Å². The second-order valence-electron chi connectivity index (χ2n) is 9.72. The standard InChI is InChI=1S/C22H36O6/c1-13-7-6-9-22(5)10-8-15(11-16(13)22)21(3,4)28-20-19(27-14(2)23)18(25)17(24)12-26-20/h7,15-20,24-25H,6,8-12H2,1-5H3/t15-,16+,17-,18+,19-,20+,22-/m1/s1. The Morgan fingerprint density at radius 1 is 1.32 bits per heavy atom. The summed E-state index contributed by atoms with van der Waals surface area (Å²) in [6.07, 6.45) is 3.83. The monoisotopic (exact) mass is 396 g/mol. The van der Waals surface area contributed by atoms with Gasteiger partial charge < -0.3 is 24.4 Å². The zero-order valence-electron chi connectivity index (χ0n) is 17.8. The quantitative estimate of drug-likeness (QED) is 0.561. The first-order valence-corrected chi connectivity index (χ1v) is 10.5. The maximum Gasteiger partial charge on any atom is 0.303 e. The van der Waals surface area contributed by atoms with Gasteiger partial charge in [-0.1, -0.05) is 18.6 Å². The van der Waals surface area contributed by atoms with Crippen molar-refractivity contribution in [1.29, 1.82) is 0 Å². The Kier molecular flexibility index (Phi) is 6.26. The fraction of sp³-hybridized carbons (Fsp3) is 0.864. The van der Waals surface area contributed by atoms with Crippen LogP contribution in [0.5, 0.6) is 0 Å². The lowest BCUT2D eigenvalue weighted by Crippen LogP contribution is -2.58. The van der Waals surface area contributed by atoms with Gasteiger partial charge >= 0.3 is 5.97 Å². The number of hydrogen-bond donors (Lipinski definition) is 2. The molecular formula is C22H36O6. The fourth-order valence-electron chi connectivity index (χ4n) is 5.38. The van der Waals surface area contributed by atoms with E-state index in [1.54, 1.807) is 0 Å². The summed E-state index contributed by atoms with van der Waals surface area (Å²) in [4.78, 5) is 11.5. The summed E-state index contributed by atoms with van der Waals surface area (Å²) in [5.41, 5.74) is 1.34. The first kappa shape index (κ1) is 21.8. The predicted octanol–water partition coefficient (Wildman–Crippen LogP) is 2.95. The van der Waals surface area contributed by atoms with Crippen LogP contribution in [-0.2, 0) is 19.0 Å². The highest BCUT2D eigenvalue weighted by Gasteiger charge is 2.49. The third-order valence-corrected chi connectivity index (χ3v) is 7.29. The maximum atomic E-state index is 11.5. The van der Waals surface area contributed by atoms with Gasteiger partial charge in [-0.2, -0.15) is 0 Å². The Balaban J connectivity index is 1.72. The molecule has 2 N–H and O–H groups in total. The summed E-state index contributed by atoms with van der Waals surface area (Å²) >= 11 is 0. The molecule has 3 rings (SSSR count). The van der Waals surface area contributed by atoms with Gasteiger partial charge in [-0.05, 0) is 70.1 Å². The van der Waals surface area contributed by atoms with E-state index in [-0.39, 0.29) is 6.61 Å². The molecule has 0 amide bonds. The van der Waals surface area contributed by atoms with Crippen molar-refractivity contribution in [2.45, 2.75) is 96.9 Å². The fourth-order valence-corrected chi connectivity index (χ4v) is 5.38. The lowest BCUT2D eigenvalue weighted by Gasteiger charge is -2.51.